The Labute approximate surface area is 169 Å². The number of thioether (sulfide) groups is 1. The van der Waals surface area contributed by atoms with E-state index < -0.39 is 5.54 Å². The van der Waals surface area contributed by atoms with Gasteiger partial charge in [0.2, 0.25) is 5.91 Å². The SMILES string of the molecule is CCCCn1c(SCC(=O)NC2(C#N)CCCCC2)nc2ccccc2c1=O. The Balaban J connectivity index is 1.78. The fourth-order valence-electron chi connectivity index (χ4n) is 3.62. The number of carbonyl (C=O) groups is 1. The molecule has 148 valence electrons. The molecule has 1 aromatic heterocycles. The lowest BCUT2D eigenvalue weighted by Crippen LogP contribution is -2.49. The molecule has 0 spiro atoms. The molecule has 1 aromatic carbocycles. The van der Waals surface area contributed by atoms with E-state index in [1.54, 1.807) is 10.6 Å². The maximum absolute atomic E-state index is 12.9. The number of amides is 1. The van der Waals surface area contributed by atoms with Crippen molar-refractivity contribution in [1.29, 1.82) is 5.26 Å². The maximum atomic E-state index is 12.9. The molecule has 0 atom stereocenters. The zero-order valence-electron chi connectivity index (χ0n) is 16.2. The van der Waals surface area contributed by atoms with Gasteiger partial charge in [0.15, 0.2) is 5.16 Å². The Bertz CT molecular complexity index is 942. The third-order valence-electron chi connectivity index (χ3n) is 5.19. The molecule has 0 unspecified atom stereocenters. The molecule has 0 aliphatic heterocycles. The number of para-hydroxylation sites is 1. The second kappa shape index (κ2) is 9.24. The van der Waals surface area contributed by atoms with Crippen LogP contribution in [0.2, 0.25) is 0 Å². The molecule has 1 N–H and O–H groups in total. The highest BCUT2D eigenvalue weighted by molar-refractivity contribution is 7.99. The number of rotatable bonds is 7. The van der Waals surface area contributed by atoms with Gasteiger partial charge in [0.1, 0.15) is 5.54 Å². The van der Waals surface area contributed by atoms with E-state index in [9.17, 15) is 14.9 Å². The number of hydrogen-bond donors (Lipinski definition) is 1. The Morgan fingerprint density at radius 2 is 2.07 bits per heavy atom. The Morgan fingerprint density at radius 3 is 2.79 bits per heavy atom. The molecule has 28 heavy (non-hydrogen) atoms. The number of nitrogens with zero attached hydrogens (tertiary/aromatic N) is 3. The number of nitrogens with one attached hydrogen (secondary N) is 1. The zero-order chi connectivity index (χ0) is 20.0. The van der Waals surface area contributed by atoms with Gasteiger partial charge in [-0.1, -0.05) is 56.5 Å². The standard InChI is InChI=1S/C21H26N4O2S/c1-2-3-13-25-19(27)16-9-5-6-10-17(16)23-20(25)28-14-18(26)24-21(15-22)11-7-4-8-12-21/h5-6,9-10H,2-4,7-8,11-14H2,1H3,(H,24,26). The minimum atomic E-state index is -0.741. The van der Waals surface area contributed by atoms with E-state index in [0.717, 1.165) is 32.1 Å². The van der Waals surface area contributed by atoms with Crippen LogP contribution in [0.5, 0.6) is 0 Å². The van der Waals surface area contributed by atoms with Crippen LogP contribution < -0.4 is 10.9 Å². The average molecular weight is 399 g/mol. The molecule has 7 heteroatoms. The van der Waals surface area contributed by atoms with Gasteiger partial charge in [-0.25, -0.2) is 4.98 Å². The predicted octanol–water partition coefficient (Wildman–Crippen LogP) is 3.63. The number of carbonyl (C=O) groups excluding carboxylic acids is 1. The van der Waals surface area contributed by atoms with Gasteiger partial charge in [-0.15, -0.1) is 0 Å². The van der Waals surface area contributed by atoms with E-state index >= 15 is 0 Å². The van der Waals surface area contributed by atoms with Crippen molar-refractivity contribution in [2.24, 2.45) is 0 Å². The summed E-state index contributed by atoms with van der Waals surface area (Å²) in [7, 11) is 0. The van der Waals surface area contributed by atoms with Crippen LogP contribution in [0, 0.1) is 11.3 Å². The van der Waals surface area contributed by atoms with E-state index in [1.165, 1.54) is 11.8 Å². The van der Waals surface area contributed by atoms with Crippen molar-refractivity contribution in [2.75, 3.05) is 5.75 Å². The molecule has 1 amide bonds. The molecule has 3 rings (SSSR count). The highest BCUT2D eigenvalue weighted by atomic mass is 32.2. The minimum absolute atomic E-state index is 0.0669. The molecular weight excluding hydrogens is 372 g/mol. The van der Waals surface area contributed by atoms with Gasteiger partial charge in [0.25, 0.3) is 5.56 Å². The number of benzene rings is 1. The smallest absolute Gasteiger partial charge is 0.262 e. The molecule has 1 aliphatic carbocycles. The van der Waals surface area contributed by atoms with Gasteiger partial charge in [-0.3, -0.25) is 14.2 Å². The van der Waals surface area contributed by atoms with Gasteiger partial charge in [0, 0.05) is 6.54 Å². The van der Waals surface area contributed by atoms with Gasteiger partial charge in [0.05, 0.1) is 22.7 Å². The lowest BCUT2D eigenvalue weighted by Gasteiger charge is -2.31. The quantitative estimate of drug-likeness (QED) is 0.568. The summed E-state index contributed by atoms with van der Waals surface area (Å²) >= 11 is 1.26. The second-order valence-corrected chi connectivity index (χ2v) is 8.26. The number of hydrogen-bond acceptors (Lipinski definition) is 5. The van der Waals surface area contributed by atoms with E-state index in [2.05, 4.69) is 23.3 Å². The molecule has 0 bridgehead atoms. The van der Waals surface area contributed by atoms with Crippen molar-refractivity contribution in [3.05, 3.63) is 34.6 Å². The molecule has 1 saturated carbocycles. The number of nitriles is 1. The Morgan fingerprint density at radius 1 is 1.32 bits per heavy atom. The zero-order valence-corrected chi connectivity index (χ0v) is 17.1. The molecule has 0 saturated heterocycles. The summed E-state index contributed by atoms with van der Waals surface area (Å²) in [4.78, 5) is 30.0. The second-order valence-electron chi connectivity index (χ2n) is 7.31. The predicted molar refractivity (Wildman–Crippen MR) is 111 cm³/mol. The number of fused-ring (bicyclic) bond motifs is 1. The van der Waals surface area contributed by atoms with E-state index in [0.29, 0.717) is 35.4 Å². The highest BCUT2D eigenvalue weighted by Gasteiger charge is 2.33. The van der Waals surface area contributed by atoms with Crippen LogP contribution >= 0.6 is 11.8 Å². The fraction of sp³-hybridized carbons (Fsp3) is 0.524. The molecule has 0 radical (unpaired) electrons. The minimum Gasteiger partial charge on any atom is -0.337 e. The largest absolute Gasteiger partial charge is 0.337 e. The molecule has 6 nitrogen and oxygen atoms in total. The van der Waals surface area contributed by atoms with Crippen LogP contribution in [0.3, 0.4) is 0 Å². The van der Waals surface area contributed by atoms with Gasteiger partial charge < -0.3 is 5.32 Å². The number of aromatic nitrogens is 2. The van der Waals surface area contributed by atoms with Crippen LogP contribution in [0.25, 0.3) is 10.9 Å². The van der Waals surface area contributed by atoms with Crippen LogP contribution in [0.4, 0.5) is 0 Å². The summed E-state index contributed by atoms with van der Waals surface area (Å²) in [5.74, 6) is -0.0433. The van der Waals surface area contributed by atoms with Crippen molar-refractivity contribution in [1.82, 2.24) is 14.9 Å². The van der Waals surface area contributed by atoms with Crippen LogP contribution in [-0.4, -0.2) is 26.8 Å². The topological polar surface area (TPSA) is 87.8 Å². The lowest BCUT2D eigenvalue weighted by molar-refractivity contribution is -0.120. The van der Waals surface area contributed by atoms with Gasteiger partial charge in [-0.05, 0) is 31.4 Å². The Kier molecular flexibility index (Phi) is 6.74. The average Bonchev–Trinajstić information content (AvgIpc) is 2.72. The summed E-state index contributed by atoms with van der Waals surface area (Å²) in [5.41, 5.74) is -0.166. The molecule has 1 fully saturated rings. The van der Waals surface area contributed by atoms with Crippen LogP contribution in [-0.2, 0) is 11.3 Å². The molecule has 1 aliphatic rings. The first-order valence-electron chi connectivity index (χ1n) is 9.93. The lowest BCUT2D eigenvalue weighted by atomic mass is 9.83. The van der Waals surface area contributed by atoms with Crippen molar-refractivity contribution in [3.8, 4) is 6.07 Å². The molecular formula is C21H26N4O2S. The normalized spacial score (nSPS) is 15.9. The first-order valence-corrected chi connectivity index (χ1v) is 10.9. The third-order valence-corrected chi connectivity index (χ3v) is 6.17. The highest BCUT2D eigenvalue weighted by Crippen LogP contribution is 2.28. The fourth-order valence-corrected chi connectivity index (χ4v) is 4.45. The van der Waals surface area contributed by atoms with E-state index in [1.807, 2.05) is 18.2 Å². The summed E-state index contributed by atoms with van der Waals surface area (Å²) in [6, 6.07) is 9.60. The van der Waals surface area contributed by atoms with Crippen molar-refractivity contribution < 1.29 is 4.79 Å². The van der Waals surface area contributed by atoms with Crippen molar-refractivity contribution >= 4 is 28.6 Å². The summed E-state index contributed by atoms with van der Waals surface area (Å²) in [5, 5.41) is 13.6. The number of unbranched alkanes of at least 4 members (excludes halogenated alkanes) is 1. The Hall–Kier alpha value is -2.33. The summed E-state index contributed by atoms with van der Waals surface area (Å²) in [6.45, 7) is 2.66. The van der Waals surface area contributed by atoms with E-state index in [4.69, 9.17) is 0 Å². The first kappa shape index (κ1) is 20.4. The van der Waals surface area contributed by atoms with Crippen LogP contribution in [0.15, 0.2) is 34.2 Å². The summed E-state index contributed by atoms with van der Waals surface area (Å²) in [6.07, 6.45) is 6.28. The van der Waals surface area contributed by atoms with Gasteiger partial charge >= 0.3 is 0 Å². The monoisotopic (exact) mass is 398 g/mol. The molecule has 2 aromatic rings. The third kappa shape index (κ3) is 4.56. The maximum Gasteiger partial charge on any atom is 0.262 e. The first-order chi connectivity index (χ1) is 13.6. The summed E-state index contributed by atoms with van der Waals surface area (Å²) < 4.78 is 1.67. The van der Waals surface area contributed by atoms with Crippen molar-refractivity contribution in [2.45, 2.75) is 69.1 Å². The molecule has 1 heterocycles. The van der Waals surface area contributed by atoms with E-state index in [-0.39, 0.29) is 17.2 Å². The van der Waals surface area contributed by atoms with Crippen molar-refractivity contribution in [3.63, 3.8) is 0 Å². The van der Waals surface area contributed by atoms with Gasteiger partial charge in [-0.2, -0.15) is 5.26 Å². The van der Waals surface area contributed by atoms with Crippen LogP contribution in [0.1, 0.15) is 51.9 Å².